The van der Waals surface area contributed by atoms with Gasteiger partial charge in [-0.1, -0.05) is 198 Å². The Bertz CT molecular complexity index is 1170. The highest BCUT2D eigenvalue weighted by Crippen LogP contribution is 2.43. The molecule has 0 aromatic carbocycles. The third-order valence-electron chi connectivity index (χ3n) is 11.4. The SMILES string of the molecule is CCC/C=C\CCCCCCCC(=O)OCC(COP(=O)(O)OCC[N+](C)(C)C)OC(=O)CCCCCCCCCCCCCCCCCCC/C=C\C/C=C\CCCCCCC. The van der Waals surface area contributed by atoms with Crippen LogP contribution in [0.3, 0.4) is 0 Å². The van der Waals surface area contributed by atoms with Gasteiger partial charge in [-0.3, -0.25) is 18.6 Å². The number of unbranched alkanes of at least 4 members (excludes halogenated alkanes) is 28. The average molecular weight is 911 g/mol. The molecule has 0 aliphatic carbocycles. The van der Waals surface area contributed by atoms with E-state index in [1.807, 2.05) is 21.1 Å². The number of rotatable bonds is 48. The molecule has 0 rings (SSSR count). The summed E-state index contributed by atoms with van der Waals surface area (Å²) in [5.41, 5.74) is 0. The number of phosphoric acid groups is 1. The highest BCUT2D eigenvalue weighted by atomic mass is 31.2. The Morgan fingerprint density at radius 1 is 0.492 bits per heavy atom. The second kappa shape index (κ2) is 45.4. The fourth-order valence-electron chi connectivity index (χ4n) is 7.28. The standard InChI is InChI=1S/C53H100NO8P/c1-6-8-10-12-14-16-18-19-20-21-22-23-24-25-26-27-28-29-30-31-32-33-34-35-36-38-40-42-44-46-53(56)62-51(50-61-63(57,58)60-48-47-54(3,4)5)49-59-52(55)45-43-41-39-37-17-15-13-11-9-7-2/h11,13,18-19,21-22,51H,6-10,12,14-17,20,23-50H2,1-5H3/p+1/b13-11-,19-18-,22-21-. The van der Waals surface area contributed by atoms with E-state index in [-0.39, 0.29) is 32.0 Å². The van der Waals surface area contributed by atoms with Gasteiger partial charge in [-0.15, -0.1) is 0 Å². The van der Waals surface area contributed by atoms with E-state index in [9.17, 15) is 19.0 Å². The van der Waals surface area contributed by atoms with Crippen LogP contribution in [0.25, 0.3) is 0 Å². The van der Waals surface area contributed by atoms with Gasteiger partial charge < -0.3 is 18.9 Å². The summed E-state index contributed by atoms with van der Waals surface area (Å²) in [5, 5.41) is 0. The number of nitrogens with zero attached hydrogens (tertiary/aromatic N) is 1. The molecule has 0 aromatic rings. The second-order valence-electron chi connectivity index (χ2n) is 18.9. The first-order valence-electron chi connectivity index (χ1n) is 26.2. The third-order valence-corrected chi connectivity index (χ3v) is 12.4. The highest BCUT2D eigenvalue weighted by Gasteiger charge is 2.27. The van der Waals surface area contributed by atoms with Crippen molar-refractivity contribution in [2.45, 2.75) is 245 Å². The van der Waals surface area contributed by atoms with E-state index in [1.165, 1.54) is 141 Å². The molecular formula is C53H101NO8P+. The van der Waals surface area contributed by atoms with Gasteiger partial charge in [-0.25, -0.2) is 4.57 Å². The van der Waals surface area contributed by atoms with Crippen molar-refractivity contribution in [2.75, 3.05) is 47.5 Å². The molecule has 0 heterocycles. The van der Waals surface area contributed by atoms with Crippen LogP contribution in [0.15, 0.2) is 36.5 Å². The van der Waals surface area contributed by atoms with E-state index < -0.39 is 26.5 Å². The van der Waals surface area contributed by atoms with Crippen molar-refractivity contribution in [3.8, 4) is 0 Å². The Labute approximate surface area is 389 Å². The Hall–Kier alpha value is -1.77. The Balaban J connectivity index is 4.04. The van der Waals surface area contributed by atoms with Crippen molar-refractivity contribution in [3.05, 3.63) is 36.5 Å². The number of carbonyl (C=O) groups is 2. The van der Waals surface area contributed by atoms with Crippen molar-refractivity contribution in [2.24, 2.45) is 0 Å². The molecule has 0 spiro atoms. The number of hydrogen-bond acceptors (Lipinski definition) is 7. The summed E-state index contributed by atoms with van der Waals surface area (Å²) in [6.45, 7) is 4.36. The van der Waals surface area contributed by atoms with E-state index >= 15 is 0 Å². The number of phosphoric ester groups is 1. The number of allylic oxidation sites excluding steroid dienone is 6. The Kier molecular flexibility index (Phi) is 44.1. The molecule has 0 saturated carbocycles. The van der Waals surface area contributed by atoms with Crippen LogP contribution in [-0.2, 0) is 32.7 Å². The van der Waals surface area contributed by atoms with Gasteiger partial charge in [0.2, 0.25) is 0 Å². The summed E-state index contributed by atoms with van der Waals surface area (Å²) >= 11 is 0. The summed E-state index contributed by atoms with van der Waals surface area (Å²) in [4.78, 5) is 35.4. The summed E-state index contributed by atoms with van der Waals surface area (Å²) in [5.74, 6) is -0.804. The van der Waals surface area contributed by atoms with Crippen LogP contribution >= 0.6 is 7.82 Å². The van der Waals surface area contributed by atoms with E-state index in [1.54, 1.807) is 0 Å². The number of hydrogen-bond donors (Lipinski definition) is 1. The molecule has 9 nitrogen and oxygen atoms in total. The van der Waals surface area contributed by atoms with Crippen LogP contribution in [-0.4, -0.2) is 74.9 Å². The number of quaternary nitrogens is 1. The molecular weight excluding hydrogens is 810 g/mol. The Morgan fingerprint density at radius 2 is 0.889 bits per heavy atom. The molecule has 0 fully saturated rings. The lowest BCUT2D eigenvalue weighted by atomic mass is 10.0. The largest absolute Gasteiger partial charge is 0.472 e. The zero-order chi connectivity index (χ0) is 46.4. The number of esters is 2. The van der Waals surface area contributed by atoms with Crippen LogP contribution in [0, 0.1) is 0 Å². The maximum Gasteiger partial charge on any atom is 0.472 e. The van der Waals surface area contributed by atoms with Gasteiger partial charge in [0.15, 0.2) is 6.10 Å². The molecule has 0 aromatic heterocycles. The van der Waals surface area contributed by atoms with E-state index in [0.29, 0.717) is 17.4 Å². The van der Waals surface area contributed by atoms with Crippen molar-refractivity contribution in [3.63, 3.8) is 0 Å². The minimum Gasteiger partial charge on any atom is -0.462 e. The third kappa shape index (κ3) is 49.5. The number of likely N-dealkylation sites (N-methyl/N-ethyl adjacent to an activating group) is 1. The lowest BCUT2D eigenvalue weighted by Crippen LogP contribution is -2.37. The molecule has 1 N–H and O–H groups in total. The smallest absolute Gasteiger partial charge is 0.462 e. The first-order valence-corrected chi connectivity index (χ1v) is 27.7. The van der Waals surface area contributed by atoms with E-state index in [0.717, 1.165) is 64.2 Å². The normalized spacial score (nSPS) is 13.7. The number of ether oxygens (including phenoxy) is 2. The van der Waals surface area contributed by atoms with Crippen LogP contribution in [0.1, 0.15) is 239 Å². The fourth-order valence-corrected chi connectivity index (χ4v) is 8.03. The molecule has 0 amide bonds. The van der Waals surface area contributed by atoms with Gasteiger partial charge in [-0.2, -0.15) is 0 Å². The van der Waals surface area contributed by atoms with Gasteiger partial charge >= 0.3 is 19.8 Å². The first kappa shape index (κ1) is 61.2. The summed E-state index contributed by atoms with van der Waals surface area (Å²) < 4.78 is 34.4. The second-order valence-corrected chi connectivity index (χ2v) is 20.4. The zero-order valence-corrected chi connectivity index (χ0v) is 42.7. The van der Waals surface area contributed by atoms with Crippen LogP contribution in [0.4, 0.5) is 0 Å². The predicted molar refractivity (Wildman–Crippen MR) is 266 cm³/mol. The van der Waals surface area contributed by atoms with Gasteiger partial charge in [-0.05, 0) is 64.2 Å². The quantitative estimate of drug-likeness (QED) is 0.0211. The van der Waals surface area contributed by atoms with Crippen LogP contribution < -0.4 is 0 Å². The average Bonchev–Trinajstić information content (AvgIpc) is 3.24. The van der Waals surface area contributed by atoms with Crippen molar-refractivity contribution >= 4 is 19.8 Å². The monoisotopic (exact) mass is 911 g/mol. The summed E-state index contributed by atoms with van der Waals surface area (Å²) in [7, 11) is 1.48. The molecule has 0 bridgehead atoms. The molecule has 370 valence electrons. The van der Waals surface area contributed by atoms with Crippen LogP contribution in [0.2, 0.25) is 0 Å². The lowest BCUT2D eigenvalue weighted by molar-refractivity contribution is -0.870. The molecule has 2 unspecified atom stereocenters. The minimum atomic E-state index is -4.38. The fraction of sp³-hybridized carbons (Fsp3) is 0.849. The van der Waals surface area contributed by atoms with Crippen molar-refractivity contribution in [1.82, 2.24) is 0 Å². The van der Waals surface area contributed by atoms with Crippen molar-refractivity contribution < 1.29 is 42.1 Å². The topological polar surface area (TPSA) is 108 Å². The maximum atomic E-state index is 12.7. The van der Waals surface area contributed by atoms with Gasteiger partial charge in [0, 0.05) is 12.8 Å². The lowest BCUT2D eigenvalue weighted by Gasteiger charge is -2.24. The highest BCUT2D eigenvalue weighted by molar-refractivity contribution is 7.47. The summed E-state index contributed by atoms with van der Waals surface area (Å²) in [6.07, 6.45) is 53.7. The number of carbonyl (C=O) groups excluding carboxylic acids is 2. The zero-order valence-electron chi connectivity index (χ0n) is 41.8. The summed E-state index contributed by atoms with van der Waals surface area (Å²) in [6, 6.07) is 0. The van der Waals surface area contributed by atoms with Crippen LogP contribution in [0.5, 0.6) is 0 Å². The Morgan fingerprint density at radius 3 is 1.33 bits per heavy atom. The molecule has 2 atom stereocenters. The van der Waals surface area contributed by atoms with Crippen molar-refractivity contribution in [1.29, 1.82) is 0 Å². The van der Waals surface area contributed by atoms with Gasteiger partial charge in [0.05, 0.1) is 27.7 Å². The minimum absolute atomic E-state index is 0.0314. The maximum absolute atomic E-state index is 12.7. The van der Waals surface area contributed by atoms with Gasteiger partial charge in [0.25, 0.3) is 0 Å². The molecule has 0 saturated heterocycles. The predicted octanol–water partition coefficient (Wildman–Crippen LogP) is 15.6. The van der Waals surface area contributed by atoms with Gasteiger partial charge in [0.1, 0.15) is 19.8 Å². The first-order chi connectivity index (χ1) is 30.5. The van der Waals surface area contributed by atoms with E-state index in [2.05, 4.69) is 50.3 Å². The molecule has 10 heteroatoms. The van der Waals surface area contributed by atoms with E-state index in [4.69, 9.17) is 18.5 Å². The molecule has 63 heavy (non-hydrogen) atoms. The molecule has 0 aliphatic heterocycles. The molecule has 0 aliphatic rings. The molecule has 0 radical (unpaired) electrons.